The van der Waals surface area contributed by atoms with Crippen LogP contribution in [-0.4, -0.2) is 28.2 Å². The van der Waals surface area contributed by atoms with E-state index in [9.17, 15) is 18.0 Å². The lowest BCUT2D eigenvalue weighted by molar-refractivity contribution is -0.212. The Hall–Kier alpha value is -1.43. The topological polar surface area (TPSA) is 46.5 Å². The average molecular weight is 309 g/mol. The number of aryl methyl sites for hydroxylation is 1. The summed E-state index contributed by atoms with van der Waals surface area (Å²) in [6, 6.07) is 3.04. The van der Waals surface area contributed by atoms with E-state index < -0.39 is 29.5 Å². The van der Waals surface area contributed by atoms with Crippen LogP contribution in [0.3, 0.4) is 0 Å². The first-order chi connectivity index (χ1) is 9.07. The van der Waals surface area contributed by atoms with Gasteiger partial charge in [-0.2, -0.15) is 13.2 Å². The third kappa shape index (κ3) is 2.22. The number of ether oxygens (including phenoxy) is 1. The predicted molar refractivity (Wildman–Crippen MR) is 66.3 cm³/mol. The number of rotatable bonds is 1. The van der Waals surface area contributed by atoms with Crippen LogP contribution in [0.2, 0.25) is 0 Å². The van der Waals surface area contributed by atoms with E-state index in [1.807, 2.05) is 0 Å². The summed E-state index contributed by atoms with van der Waals surface area (Å²) in [4.78, 5) is 8.68. The molecule has 2 rings (SSSR count). The number of benzene rings is 1. The SMILES string of the molecule is Cc1ccc2c(c1C)CC(Cl)(C(=O)O)C(C(F)(F)F)O2. The van der Waals surface area contributed by atoms with Crippen molar-refractivity contribution in [1.82, 2.24) is 0 Å². The lowest BCUT2D eigenvalue weighted by atomic mass is 9.86. The molecule has 1 aromatic rings. The minimum Gasteiger partial charge on any atom is -0.480 e. The zero-order valence-corrected chi connectivity index (χ0v) is 11.5. The summed E-state index contributed by atoms with van der Waals surface area (Å²) in [5.74, 6) is -1.71. The van der Waals surface area contributed by atoms with Crippen LogP contribution in [0.4, 0.5) is 13.2 Å². The van der Waals surface area contributed by atoms with E-state index in [-0.39, 0.29) is 5.75 Å². The molecule has 1 N–H and O–H groups in total. The first-order valence-corrected chi connectivity index (χ1v) is 6.20. The van der Waals surface area contributed by atoms with Crippen LogP contribution < -0.4 is 4.74 Å². The van der Waals surface area contributed by atoms with Gasteiger partial charge in [-0.1, -0.05) is 6.07 Å². The molecule has 2 unspecified atom stereocenters. The fourth-order valence-corrected chi connectivity index (χ4v) is 2.57. The summed E-state index contributed by atoms with van der Waals surface area (Å²) in [6.07, 6.45) is -7.88. The van der Waals surface area contributed by atoms with E-state index in [1.54, 1.807) is 19.9 Å². The number of carbonyl (C=O) groups is 1. The van der Waals surface area contributed by atoms with Gasteiger partial charge in [0.25, 0.3) is 0 Å². The van der Waals surface area contributed by atoms with Crippen molar-refractivity contribution >= 4 is 17.6 Å². The predicted octanol–water partition coefficient (Wildman–Crippen LogP) is 3.23. The summed E-state index contributed by atoms with van der Waals surface area (Å²) in [6.45, 7) is 3.48. The summed E-state index contributed by atoms with van der Waals surface area (Å²) < 4.78 is 43.9. The second-order valence-electron chi connectivity index (χ2n) is 4.87. The van der Waals surface area contributed by atoms with E-state index in [4.69, 9.17) is 21.4 Å². The van der Waals surface area contributed by atoms with E-state index in [0.29, 0.717) is 11.1 Å². The molecule has 0 saturated carbocycles. The number of alkyl halides is 4. The molecule has 1 aliphatic rings. The Morgan fingerprint density at radius 1 is 1.45 bits per heavy atom. The van der Waals surface area contributed by atoms with Crippen LogP contribution in [0.25, 0.3) is 0 Å². The number of halogens is 4. The van der Waals surface area contributed by atoms with Crippen molar-refractivity contribution in [2.75, 3.05) is 0 Å². The van der Waals surface area contributed by atoms with Crippen LogP contribution >= 0.6 is 11.6 Å². The summed E-state index contributed by atoms with van der Waals surface area (Å²) in [5.41, 5.74) is 1.93. The highest BCUT2D eigenvalue weighted by molar-refractivity contribution is 6.34. The second-order valence-corrected chi connectivity index (χ2v) is 5.54. The number of carboxylic acids is 1. The van der Waals surface area contributed by atoms with Gasteiger partial charge in [0.05, 0.1) is 0 Å². The largest absolute Gasteiger partial charge is 0.480 e. The molecule has 0 saturated heterocycles. The minimum atomic E-state index is -4.86. The molecule has 0 spiro atoms. The number of hydrogen-bond donors (Lipinski definition) is 1. The van der Waals surface area contributed by atoms with Gasteiger partial charge in [0.15, 0.2) is 4.87 Å². The van der Waals surface area contributed by atoms with Gasteiger partial charge in [0.2, 0.25) is 6.10 Å². The molecule has 1 aromatic carbocycles. The zero-order valence-electron chi connectivity index (χ0n) is 10.7. The molecule has 7 heteroatoms. The highest BCUT2D eigenvalue weighted by Gasteiger charge is 2.61. The van der Waals surface area contributed by atoms with Crippen molar-refractivity contribution < 1.29 is 27.8 Å². The van der Waals surface area contributed by atoms with Crippen molar-refractivity contribution in [1.29, 1.82) is 0 Å². The Balaban J connectivity index is 2.59. The number of carboxylic acid groups (broad SMARTS) is 1. The highest BCUT2D eigenvalue weighted by atomic mass is 35.5. The first kappa shape index (κ1) is 15.0. The fourth-order valence-electron chi connectivity index (χ4n) is 2.26. The second kappa shape index (κ2) is 4.55. The number of aliphatic carboxylic acids is 1. The lowest BCUT2D eigenvalue weighted by Crippen LogP contribution is -2.58. The molecule has 0 aliphatic carbocycles. The summed E-state index contributed by atoms with van der Waals surface area (Å²) in [5, 5.41) is 9.11. The van der Waals surface area contributed by atoms with Gasteiger partial charge in [-0.3, -0.25) is 4.79 Å². The lowest BCUT2D eigenvalue weighted by Gasteiger charge is -2.38. The number of fused-ring (bicyclic) bond motifs is 1. The molecule has 0 aromatic heterocycles. The molecule has 1 aliphatic heterocycles. The Bertz CT molecular complexity index is 571. The monoisotopic (exact) mass is 308 g/mol. The highest BCUT2D eigenvalue weighted by Crippen LogP contribution is 2.45. The van der Waals surface area contributed by atoms with E-state index in [0.717, 1.165) is 5.56 Å². The zero-order chi connectivity index (χ0) is 15.3. The number of hydrogen-bond acceptors (Lipinski definition) is 2. The van der Waals surface area contributed by atoms with Gasteiger partial charge in [0, 0.05) is 6.42 Å². The van der Waals surface area contributed by atoms with Crippen LogP contribution in [-0.2, 0) is 11.2 Å². The smallest absolute Gasteiger partial charge is 0.427 e. The fraction of sp³-hybridized carbons (Fsp3) is 0.462. The molecule has 0 radical (unpaired) electrons. The van der Waals surface area contributed by atoms with E-state index in [2.05, 4.69) is 0 Å². The Morgan fingerprint density at radius 3 is 2.55 bits per heavy atom. The third-order valence-electron chi connectivity index (χ3n) is 3.57. The third-order valence-corrected chi connectivity index (χ3v) is 4.07. The molecule has 20 heavy (non-hydrogen) atoms. The standard InChI is InChI=1S/C13H12ClF3O3/c1-6-3-4-9-8(7(6)2)5-12(14,11(18)19)10(20-9)13(15,16)17/h3-4,10H,5H2,1-2H3,(H,18,19). The minimum absolute atomic E-state index is 0.0351. The van der Waals surface area contributed by atoms with Gasteiger partial charge < -0.3 is 9.84 Å². The van der Waals surface area contributed by atoms with Gasteiger partial charge in [0.1, 0.15) is 5.75 Å². The van der Waals surface area contributed by atoms with Crippen molar-refractivity contribution in [3.05, 3.63) is 28.8 Å². The normalized spacial score (nSPS) is 25.8. The van der Waals surface area contributed by atoms with Crippen molar-refractivity contribution in [2.45, 2.75) is 37.4 Å². The van der Waals surface area contributed by atoms with Crippen molar-refractivity contribution in [3.63, 3.8) is 0 Å². The van der Waals surface area contributed by atoms with Crippen molar-refractivity contribution in [3.8, 4) is 5.75 Å². The maximum Gasteiger partial charge on any atom is 0.427 e. The molecule has 3 nitrogen and oxygen atoms in total. The molecule has 0 bridgehead atoms. The Kier molecular flexibility index (Phi) is 3.40. The van der Waals surface area contributed by atoms with Gasteiger partial charge >= 0.3 is 12.1 Å². The first-order valence-electron chi connectivity index (χ1n) is 5.82. The van der Waals surface area contributed by atoms with Gasteiger partial charge in [-0.15, -0.1) is 11.6 Å². The molecule has 1 heterocycles. The molecular weight excluding hydrogens is 297 g/mol. The molecule has 2 atom stereocenters. The van der Waals surface area contributed by atoms with Gasteiger partial charge in [-0.05, 0) is 36.6 Å². The van der Waals surface area contributed by atoms with E-state index in [1.165, 1.54) is 6.07 Å². The molecule has 0 fully saturated rings. The maximum absolute atomic E-state index is 13.0. The van der Waals surface area contributed by atoms with Crippen LogP contribution in [0.5, 0.6) is 5.75 Å². The summed E-state index contributed by atoms with van der Waals surface area (Å²) in [7, 11) is 0. The quantitative estimate of drug-likeness (QED) is 0.810. The molecular formula is C13H12ClF3O3. The average Bonchev–Trinajstić information content (AvgIpc) is 2.32. The Labute approximate surface area is 118 Å². The van der Waals surface area contributed by atoms with E-state index >= 15 is 0 Å². The van der Waals surface area contributed by atoms with Crippen LogP contribution in [0.15, 0.2) is 12.1 Å². The van der Waals surface area contributed by atoms with Crippen LogP contribution in [0, 0.1) is 13.8 Å². The van der Waals surface area contributed by atoms with Crippen LogP contribution in [0.1, 0.15) is 16.7 Å². The van der Waals surface area contributed by atoms with Crippen molar-refractivity contribution in [2.24, 2.45) is 0 Å². The maximum atomic E-state index is 13.0. The summed E-state index contributed by atoms with van der Waals surface area (Å²) >= 11 is 5.77. The Morgan fingerprint density at radius 2 is 2.05 bits per heavy atom. The molecule has 110 valence electrons. The van der Waals surface area contributed by atoms with Gasteiger partial charge in [-0.25, -0.2) is 0 Å². The molecule has 0 amide bonds.